The summed E-state index contributed by atoms with van der Waals surface area (Å²) in [6.07, 6.45) is -0.126. The Hall–Kier alpha value is -3.35. The number of imide groups is 1. The van der Waals surface area contributed by atoms with E-state index in [0.717, 1.165) is 11.1 Å². The molecule has 2 aromatic carbocycles. The second kappa shape index (κ2) is 5.94. The van der Waals surface area contributed by atoms with Gasteiger partial charge in [-0.15, -0.1) is 0 Å². The number of para-hydroxylation sites is 2. The predicted molar refractivity (Wildman–Crippen MR) is 88.0 cm³/mol. The fourth-order valence-corrected chi connectivity index (χ4v) is 3.07. The van der Waals surface area contributed by atoms with Crippen molar-refractivity contribution < 1.29 is 19.1 Å². The van der Waals surface area contributed by atoms with Crippen LogP contribution in [0.15, 0.2) is 48.5 Å². The molecule has 0 spiro atoms. The summed E-state index contributed by atoms with van der Waals surface area (Å²) in [4.78, 5) is 35.2. The number of urea groups is 1. The average molecular weight is 337 g/mol. The molecule has 2 aliphatic heterocycles. The van der Waals surface area contributed by atoms with Crippen molar-refractivity contribution in [2.24, 2.45) is 0 Å². The maximum absolute atomic E-state index is 12.5. The van der Waals surface area contributed by atoms with E-state index in [1.165, 1.54) is 0 Å². The number of rotatable bonds is 3. The van der Waals surface area contributed by atoms with E-state index in [-0.39, 0.29) is 18.4 Å². The Balaban J connectivity index is 1.59. The van der Waals surface area contributed by atoms with Gasteiger partial charge in [0.25, 0.3) is 5.91 Å². The van der Waals surface area contributed by atoms with Crippen molar-refractivity contribution in [3.8, 4) is 11.5 Å². The van der Waals surface area contributed by atoms with Gasteiger partial charge in [0, 0.05) is 11.1 Å². The highest BCUT2D eigenvalue weighted by atomic mass is 16.5. The second-order valence-corrected chi connectivity index (χ2v) is 5.90. The molecule has 4 amide bonds. The molecule has 7 heteroatoms. The molecule has 3 N–H and O–H groups in total. The Morgan fingerprint density at radius 3 is 2.16 bits per heavy atom. The fourth-order valence-electron chi connectivity index (χ4n) is 3.07. The van der Waals surface area contributed by atoms with Crippen molar-refractivity contribution in [1.82, 2.24) is 16.0 Å². The van der Waals surface area contributed by atoms with Gasteiger partial charge in [-0.3, -0.25) is 14.9 Å². The summed E-state index contributed by atoms with van der Waals surface area (Å²) in [6.45, 7) is 0. The summed E-state index contributed by atoms with van der Waals surface area (Å²) >= 11 is 0. The van der Waals surface area contributed by atoms with Crippen LogP contribution in [0, 0.1) is 0 Å². The van der Waals surface area contributed by atoms with Crippen LogP contribution in [0.1, 0.15) is 23.6 Å². The number of benzene rings is 2. The van der Waals surface area contributed by atoms with Gasteiger partial charge in [0.15, 0.2) is 0 Å². The Labute approximate surface area is 143 Å². The van der Waals surface area contributed by atoms with Crippen LogP contribution in [0.2, 0.25) is 0 Å². The summed E-state index contributed by atoms with van der Waals surface area (Å²) in [6, 6.07) is 13.1. The summed E-state index contributed by atoms with van der Waals surface area (Å²) in [5.74, 6) is 0.531. The van der Waals surface area contributed by atoms with Crippen LogP contribution in [0.5, 0.6) is 11.5 Å². The molecule has 2 heterocycles. The summed E-state index contributed by atoms with van der Waals surface area (Å²) in [5, 5.41) is 7.49. The van der Waals surface area contributed by atoms with Gasteiger partial charge in [-0.1, -0.05) is 36.4 Å². The molecule has 4 rings (SSSR count). The van der Waals surface area contributed by atoms with Crippen molar-refractivity contribution in [3.63, 3.8) is 0 Å². The first-order valence-corrected chi connectivity index (χ1v) is 7.88. The second-order valence-electron chi connectivity index (χ2n) is 5.90. The molecule has 0 unspecified atom stereocenters. The molecular formula is C18H15N3O4. The SMILES string of the molecule is O=C(C[C@H]1NC(=O)NC1=O)NC1c2ccccc2Oc2ccccc21. The average Bonchev–Trinajstić information content (AvgIpc) is 2.91. The number of carbonyl (C=O) groups excluding carboxylic acids is 3. The molecule has 1 atom stereocenters. The van der Waals surface area contributed by atoms with Gasteiger partial charge in [0.2, 0.25) is 5.91 Å². The minimum atomic E-state index is -0.849. The van der Waals surface area contributed by atoms with Crippen LogP contribution in [0.25, 0.3) is 0 Å². The smallest absolute Gasteiger partial charge is 0.322 e. The Morgan fingerprint density at radius 1 is 1.00 bits per heavy atom. The zero-order valence-electron chi connectivity index (χ0n) is 13.1. The molecule has 2 aromatic rings. The quantitative estimate of drug-likeness (QED) is 0.741. The first kappa shape index (κ1) is 15.2. The highest BCUT2D eigenvalue weighted by molar-refractivity contribution is 6.05. The number of carbonyl (C=O) groups is 3. The van der Waals surface area contributed by atoms with E-state index in [0.29, 0.717) is 11.5 Å². The van der Waals surface area contributed by atoms with Crippen LogP contribution in [-0.2, 0) is 9.59 Å². The maximum atomic E-state index is 12.5. The van der Waals surface area contributed by atoms with Crippen LogP contribution in [0.4, 0.5) is 4.79 Å². The van der Waals surface area contributed by atoms with Gasteiger partial charge >= 0.3 is 6.03 Å². The molecular weight excluding hydrogens is 322 g/mol. The Kier molecular flexibility index (Phi) is 3.61. The van der Waals surface area contributed by atoms with Gasteiger partial charge in [0.1, 0.15) is 17.5 Å². The lowest BCUT2D eigenvalue weighted by Crippen LogP contribution is -2.38. The molecule has 126 valence electrons. The maximum Gasteiger partial charge on any atom is 0.322 e. The van der Waals surface area contributed by atoms with E-state index in [4.69, 9.17) is 4.74 Å². The molecule has 25 heavy (non-hydrogen) atoms. The zero-order valence-corrected chi connectivity index (χ0v) is 13.1. The topological polar surface area (TPSA) is 96.5 Å². The van der Waals surface area contributed by atoms with Crippen molar-refractivity contribution in [2.45, 2.75) is 18.5 Å². The van der Waals surface area contributed by atoms with E-state index in [1.807, 2.05) is 48.5 Å². The number of nitrogens with one attached hydrogen (secondary N) is 3. The predicted octanol–water partition coefficient (Wildman–Crippen LogP) is 1.60. The van der Waals surface area contributed by atoms with Crippen LogP contribution in [0.3, 0.4) is 0 Å². The van der Waals surface area contributed by atoms with Crippen molar-refractivity contribution in [1.29, 1.82) is 0 Å². The zero-order chi connectivity index (χ0) is 17.4. The molecule has 2 aliphatic rings. The summed E-state index contributed by atoms with van der Waals surface area (Å²) in [7, 11) is 0. The number of hydrogen-bond donors (Lipinski definition) is 3. The van der Waals surface area contributed by atoms with Gasteiger partial charge < -0.3 is 15.4 Å². The van der Waals surface area contributed by atoms with Crippen LogP contribution in [-0.4, -0.2) is 23.9 Å². The fraction of sp³-hybridized carbons (Fsp3) is 0.167. The highest BCUT2D eigenvalue weighted by Crippen LogP contribution is 2.42. The van der Waals surface area contributed by atoms with Gasteiger partial charge in [-0.2, -0.15) is 0 Å². The van der Waals surface area contributed by atoms with E-state index in [2.05, 4.69) is 16.0 Å². The summed E-state index contributed by atoms with van der Waals surface area (Å²) < 4.78 is 5.88. The van der Waals surface area contributed by atoms with Crippen LogP contribution >= 0.6 is 0 Å². The lowest BCUT2D eigenvalue weighted by atomic mass is 9.94. The van der Waals surface area contributed by atoms with E-state index in [1.54, 1.807) is 0 Å². The number of hydrogen-bond acceptors (Lipinski definition) is 4. The van der Waals surface area contributed by atoms with Gasteiger partial charge in [-0.25, -0.2) is 4.79 Å². The third-order valence-electron chi connectivity index (χ3n) is 4.23. The lowest BCUT2D eigenvalue weighted by molar-refractivity contribution is -0.126. The van der Waals surface area contributed by atoms with E-state index < -0.39 is 18.0 Å². The van der Waals surface area contributed by atoms with Crippen molar-refractivity contribution in [3.05, 3.63) is 59.7 Å². The monoisotopic (exact) mass is 337 g/mol. The minimum Gasteiger partial charge on any atom is -0.457 e. The van der Waals surface area contributed by atoms with E-state index >= 15 is 0 Å². The molecule has 7 nitrogen and oxygen atoms in total. The normalized spacial score (nSPS) is 18.5. The molecule has 1 fully saturated rings. The van der Waals surface area contributed by atoms with Crippen molar-refractivity contribution >= 4 is 17.8 Å². The van der Waals surface area contributed by atoms with Gasteiger partial charge in [0.05, 0.1) is 12.5 Å². The largest absolute Gasteiger partial charge is 0.457 e. The molecule has 0 saturated carbocycles. The summed E-state index contributed by atoms with van der Waals surface area (Å²) in [5.41, 5.74) is 1.68. The van der Waals surface area contributed by atoms with Crippen LogP contribution < -0.4 is 20.7 Å². The molecule has 0 bridgehead atoms. The number of amides is 4. The standard InChI is InChI=1S/C18H15N3O4/c22-15(9-12-17(23)21-18(24)19-12)20-16-10-5-1-3-7-13(10)25-14-8-4-2-6-11(14)16/h1-8,12,16H,9H2,(H,20,22)(H2,19,21,23,24)/t12-/m1/s1. The molecule has 0 radical (unpaired) electrons. The lowest BCUT2D eigenvalue weighted by Gasteiger charge is -2.29. The first-order chi connectivity index (χ1) is 12.1. The highest BCUT2D eigenvalue weighted by Gasteiger charge is 2.33. The third-order valence-corrected chi connectivity index (χ3v) is 4.23. The van der Waals surface area contributed by atoms with E-state index in [9.17, 15) is 14.4 Å². The number of ether oxygens (including phenoxy) is 1. The first-order valence-electron chi connectivity index (χ1n) is 7.88. The number of fused-ring (bicyclic) bond motifs is 2. The third kappa shape index (κ3) is 2.80. The molecule has 1 saturated heterocycles. The Morgan fingerprint density at radius 2 is 1.60 bits per heavy atom. The molecule has 0 aromatic heterocycles. The molecule has 0 aliphatic carbocycles. The van der Waals surface area contributed by atoms with Crippen molar-refractivity contribution in [2.75, 3.05) is 0 Å². The van der Waals surface area contributed by atoms with Gasteiger partial charge in [-0.05, 0) is 12.1 Å². The Bertz CT molecular complexity index is 835. The minimum absolute atomic E-state index is 0.126.